The van der Waals surface area contributed by atoms with Crippen molar-refractivity contribution in [2.45, 2.75) is 0 Å². The molecule has 0 saturated carbocycles. The van der Waals surface area contributed by atoms with E-state index < -0.39 is 0 Å². The Hall–Kier alpha value is -1.12. The Morgan fingerprint density at radius 1 is 0.300 bits per heavy atom. The fourth-order valence-electron chi connectivity index (χ4n) is 0. The smallest absolute Gasteiger partial charge is 0.106 e. The van der Waals surface area contributed by atoms with Gasteiger partial charge in [0.1, 0.15) is 0 Å². The SMILES string of the molecule is C=C.C=C.C=C.C=C.N.N. The summed E-state index contributed by atoms with van der Waals surface area (Å²) in [6, 6.07) is 0. The van der Waals surface area contributed by atoms with Gasteiger partial charge in [-0.05, 0) is 0 Å². The molecule has 0 heterocycles. The molecule has 0 aliphatic rings. The van der Waals surface area contributed by atoms with Gasteiger partial charge in [-0.25, -0.2) is 0 Å². The van der Waals surface area contributed by atoms with Crippen LogP contribution in [0, 0.1) is 0 Å². The Morgan fingerprint density at radius 3 is 0.300 bits per heavy atom. The summed E-state index contributed by atoms with van der Waals surface area (Å²) >= 11 is 0. The van der Waals surface area contributed by atoms with Gasteiger partial charge in [-0.2, -0.15) is 0 Å². The molecule has 0 spiro atoms. The van der Waals surface area contributed by atoms with Crippen LogP contribution in [0.3, 0.4) is 0 Å². The molecule has 0 aliphatic heterocycles. The molecule has 0 amide bonds. The highest BCUT2D eigenvalue weighted by Crippen LogP contribution is 0.868. The fraction of sp³-hybridized carbons (Fsp3) is 0. The Morgan fingerprint density at radius 2 is 0.300 bits per heavy atom. The third-order valence-corrected chi connectivity index (χ3v) is 0. The van der Waals surface area contributed by atoms with Gasteiger partial charge >= 0.3 is 0 Å². The Labute approximate surface area is 65.8 Å². The van der Waals surface area contributed by atoms with E-state index in [4.69, 9.17) is 0 Å². The molecule has 2 nitrogen and oxygen atoms in total. The van der Waals surface area contributed by atoms with Gasteiger partial charge < -0.3 is 12.3 Å². The van der Waals surface area contributed by atoms with Gasteiger partial charge in [-0.15, -0.1) is 52.6 Å². The molecule has 0 rings (SSSR count). The lowest BCUT2D eigenvalue weighted by molar-refractivity contribution is 2.13. The first kappa shape index (κ1) is 66.5. The Balaban J connectivity index is -0.00000000500. The summed E-state index contributed by atoms with van der Waals surface area (Å²) in [5, 5.41) is 0. The van der Waals surface area contributed by atoms with Gasteiger partial charge in [-0.1, -0.05) is 0 Å². The molecule has 0 aromatic carbocycles. The standard InChI is InChI=1S/4C2H4.2H3N/c4*1-2;;/h4*1-2H2;2*1H3. The number of rotatable bonds is 0. The first-order chi connectivity index (χ1) is 4.00. The molecule has 0 aromatic heterocycles. The first-order valence-corrected chi connectivity index (χ1v) is 2.00. The minimum Gasteiger partial charge on any atom is -0.344 e. The normalized spacial score (nSPS) is 1.60. The molecular weight excluding hydrogens is 124 g/mol. The lowest BCUT2D eigenvalue weighted by atomic mass is 11.3. The molecule has 64 valence electrons. The highest BCUT2D eigenvalue weighted by atomic mass is 14.0. The van der Waals surface area contributed by atoms with E-state index in [2.05, 4.69) is 52.6 Å². The second-order valence-electron chi connectivity index (χ2n) is 0. The van der Waals surface area contributed by atoms with Crippen LogP contribution in [0.1, 0.15) is 0 Å². The predicted molar refractivity (Wildman–Crippen MR) is 55.1 cm³/mol. The zero-order valence-electron chi connectivity index (χ0n) is 7.07. The van der Waals surface area contributed by atoms with Crippen LogP contribution in [-0.4, -0.2) is 0 Å². The van der Waals surface area contributed by atoms with E-state index in [9.17, 15) is 0 Å². The summed E-state index contributed by atoms with van der Waals surface area (Å²) in [4.78, 5) is 0. The molecule has 0 saturated heterocycles. The van der Waals surface area contributed by atoms with Crippen molar-refractivity contribution in [1.82, 2.24) is 12.3 Å². The predicted octanol–water partition coefficient (Wildman–Crippen LogP) is 3.53. The van der Waals surface area contributed by atoms with Gasteiger partial charge in [0.15, 0.2) is 0 Å². The van der Waals surface area contributed by atoms with Crippen molar-refractivity contribution in [2.24, 2.45) is 0 Å². The van der Waals surface area contributed by atoms with Crippen LogP contribution < -0.4 is 12.3 Å². The fourth-order valence-corrected chi connectivity index (χ4v) is 0. The van der Waals surface area contributed by atoms with Crippen molar-refractivity contribution < 1.29 is 0 Å². The van der Waals surface area contributed by atoms with Gasteiger partial charge in [0.05, 0.1) is 0 Å². The Bertz CT molecular complexity index is 15.2. The van der Waals surface area contributed by atoms with Gasteiger partial charge in [0.2, 0.25) is 0 Å². The summed E-state index contributed by atoms with van der Waals surface area (Å²) < 4.78 is 0. The second kappa shape index (κ2) is 297. The summed E-state index contributed by atoms with van der Waals surface area (Å²) in [5.74, 6) is 0. The minimum atomic E-state index is 0. The van der Waals surface area contributed by atoms with Crippen molar-refractivity contribution in [3.8, 4) is 0 Å². The molecule has 0 aromatic rings. The quantitative estimate of drug-likeness (QED) is 0.513. The summed E-state index contributed by atoms with van der Waals surface area (Å²) in [6.07, 6.45) is 0. The highest BCUT2D eigenvalue weighted by molar-refractivity contribution is 4.23. The number of hydrogen-bond acceptors (Lipinski definition) is 2. The molecule has 0 aliphatic carbocycles. The van der Waals surface area contributed by atoms with Crippen LogP contribution in [-0.2, 0) is 0 Å². The third-order valence-electron chi connectivity index (χ3n) is 0. The van der Waals surface area contributed by atoms with Gasteiger partial charge in [-0.3, -0.25) is 0 Å². The second-order valence-corrected chi connectivity index (χ2v) is 0. The van der Waals surface area contributed by atoms with Crippen molar-refractivity contribution in [2.75, 3.05) is 0 Å². The van der Waals surface area contributed by atoms with E-state index in [1.54, 1.807) is 0 Å². The molecule has 6 N–H and O–H groups in total. The van der Waals surface area contributed by atoms with Crippen LogP contribution in [0.25, 0.3) is 0 Å². The molecule has 2 heteroatoms. The summed E-state index contributed by atoms with van der Waals surface area (Å²) in [6.45, 7) is 24.0. The lowest BCUT2D eigenvalue weighted by Gasteiger charge is -0.813. The van der Waals surface area contributed by atoms with Crippen molar-refractivity contribution >= 4 is 0 Å². The molecule has 0 radical (unpaired) electrons. The largest absolute Gasteiger partial charge is 0.344 e. The van der Waals surface area contributed by atoms with Gasteiger partial charge in [0, 0.05) is 0 Å². The van der Waals surface area contributed by atoms with E-state index in [-0.39, 0.29) is 12.3 Å². The maximum Gasteiger partial charge on any atom is -0.106 e. The van der Waals surface area contributed by atoms with E-state index in [0.717, 1.165) is 0 Å². The first-order valence-electron chi connectivity index (χ1n) is 2.00. The highest BCUT2D eigenvalue weighted by Gasteiger charge is 0.607. The van der Waals surface area contributed by atoms with Crippen molar-refractivity contribution in [1.29, 1.82) is 0 Å². The maximum absolute atomic E-state index is 3.00. The maximum atomic E-state index is 3.00. The van der Waals surface area contributed by atoms with Gasteiger partial charge in [0.25, 0.3) is 0 Å². The average molecular weight is 146 g/mol. The zero-order chi connectivity index (χ0) is 8.00. The minimum absolute atomic E-state index is 0. The zero-order valence-corrected chi connectivity index (χ0v) is 7.07. The van der Waals surface area contributed by atoms with Crippen LogP contribution in [0.2, 0.25) is 0 Å². The van der Waals surface area contributed by atoms with Crippen LogP contribution >= 0.6 is 0 Å². The molecule has 10 heavy (non-hydrogen) atoms. The van der Waals surface area contributed by atoms with Crippen molar-refractivity contribution in [3.63, 3.8) is 0 Å². The number of hydrogen-bond donors (Lipinski definition) is 2. The molecule has 0 atom stereocenters. The van der Waals surface area contributed by atoms with E-state index >= 15 is 0 Å². The van der Waals surface area contributed by atoms with Crippen LogP contribution in [0.15, 0.2) is 52.6 Å². The molecular formula is C8H22N2. The molecule has 0 bridgehead atoms. The third kappa shape index (κ3) is 190. The van der Waals surface area contributed by atoms with Crippen molar-refractivity contribution in [3.05, 3.63) is 52.6 Å². The lowest BCUT2D eigenvalue weighted by Crippen LogP contribution is -0.552. The van der Waals surface area contributed by atoms with E-state index in [1.807, 2.05) is 0 Å². The molecule has 0 unspecified atom stereocenters. The van der Waals surface area contributed by atoms with Crippen LogP contribution in [0.4, 0.5) is 0 Å². The molecule has 0 fully saturated rings. The Kier molecular flexibility index (Phi) is 1980. The monoisotopic (exact) mass is 146 g/mol. The van der Waals surface area contributed by atoms with E-state index in [0.29, 0.717) is 0 Å². The summed E-state index contributed by atoms with van der Waals surface area (Å²) in [5.41, 5.74) is 0. The van der Waals surface area contributed by atoms with E-state index in [1.165, 1.54) is 0 Å². The van der Waals surface area contributed by atoms with Crippen LogP contribution in [0.5, 0.6) is 0 Å². The topological polar surface area (TPSA) is 70.0 Å². The average Bonchev–Trinajstić information content (AvgIpc) is 2.03. The summed E-state index contributed by atoms with van der Waals surface area (Å²) in [7, 11) is 0.